The number of fused-ring (bicyclic) bond motifs is 3. The Labute approximate surface area is 354 Å². The highest BCUT2D eigenvalue weighted by atomic mass is 15.2. The topological polar surface area (TPSA) is 11.4 Å². The van der Waals surface area contributed by atoms with Gasteiger partial charge in [0.2, 0.25) is 0 Å². The van der Waals surface area contributed by atoms with Gasteiger partial charge in [0.25, 0.3) is 0 Å². The van der Waals surface area contributed by atoms with Crippen molar-refractivity contribution in [3.63, 3.8) is 0 Å². The number of hydrogen-bond donors (Lipinski definition) is 0. The van der Waals surface area contributed by atoms with Crippen LogP contribution in [0, 0.1) is 0 Å². The Hall–Kier alpha value is -6.84. The second-order valence-electron chi connectivity index (χ2n) is 16.8. The summed E-state index contributed by atoms with van der Waals surface area (Å²) < 4.78 is 2.45. The lowest BCUT2D eigenvalue weighted by atomic mass is 9.78. The molecule has 0 N–H and O–H groups in total. The zero-order valence-electron chi connectivity index (χ0n) is 34.6. The van der Waals surface area contributed by atoms with E-state index in [1.807, 2.05) is 0 Å². The predicted molar refractivity (Wildman–Crippen MR) is 255 cm³/mol. The lowest BCUT2D eigenvalue weighted by Gasteiger charge is -2.31. The van der Waals surface area contributed by atoms with Crippen molar-refractivity contribution in [2.75, 3.05) is 9.80 Å². The van der Waals surface area contributed by atoms with Crippen molar-refractivity contribution >= 4 is 55.9 Å². The van der Waals surface area contributed by atoms with Crippen LogP contribution in [-0.2, 0) is 5.41 Å². The minimum Gasteiger partial charge on any atom is -0.311 e. The second kappa shape index (κ2) is 16.1. The molecule has 1 aliphatic rings. The molecule has 3 heteroatoms. The number of aromatic nitrogens is 1. The predicted octanol–water partition coefficient (Wildman–Crippen LogP) is 16.1. The number of anilines is 6. The van der Waals surface area contributed by atoms with Crippen LogP contribution in [0.4, 0.5) is 34.1 Å². The van der Waals surface area contributed by atoms with Crippen LogP contribution in [-0.4, -0.2) is 4.57 Å². The summed E-state index contributed by atoms with van der Waals surface area (Å²) in [5.74, 6) is 0.653. The van der Waals surface area contributed by atoms with Crippen molar-refractivity contribution in [1.82, 2.24) is 4.57 Å². The average Bonchev–Trinajstić information content (AvgIpc) is 3.66. The highest BCUT2D eigenvalue weighted by Gasteiger charge is 2.26. The van der Waals surface area contributed by atoms with Gasteiger partial charge in [0.05, 0.1) is 16.7 Å². The van der Waals surface area contributed by atoms with E-state index in [0.717, 1.165) is 39.8 Å². The van der Waals surface area contributed by atoms with E-state index < -0.39 is 0 Å². The minimum atomic E-state index is -0.229. The Morgan fingerprint density at radius 1 is 0.417 bits per heavy atom. The van der Waals surface area contributed by atoms with Crippen molar-refractivity contribution in [1.29, 1.82) is 0 Å². The van der Waals surface area contributed by atoms with E-state index in [9.17, 15) is 0 Å². The lowest BCUT2D eigenvalue weighted by molar-refractivity contribution is 0.443. The summed E-state index contributed by atoms with van der Waals surface area (Å²) in [5, 5.41) is 2.50. The van der Waals surface area contributed by atoms with E-state index in [0.29, 0.717) is 5.92 Å². The Bertz CT molecular complexity index is 2800. The zero-order chi connectivity index (χ0) is 40.5. The van der Waals surface area contributed by atoms with E-state index in [2.05, 4.69) is 234 Å². The first-order valence-corrected chi connectivity index (χ1v) is 21.6. The highest BCUT2D eigenvalue weighted by molar-refractivity contribution is 6.14. The Kier molecular flexibility index (Phi) is 10.0. The van der Waals surface area contributed by atoms with Gasteiger partial charge in [-0.15, -0.1) is 0 Å². The molecule has 1 fully saturated rings. The van der Waals surface area contributed by atoms with Gasteiger partial charge in [-0.2, -0.15) is 0 Å². The van der Waals surface area contributed by atoms with Gasteiger partial charge in [-0.05, 0) is 120 Å². The number of benzene rings is 8. The van der Waals surface area contributed by atoms with E-state index in [1.165, 1.54) is 70.6 Å². The molecule has 1 heterocycles. The number of para-hydroxylation sites is 5. The molecule has 0 saturated heterocycles. The third-order valence-electron chi connectivity index (χ3n) is 12.9. The summed E-state index contributed by atoms with van der Waals surface area (Å²) in [5.41, 5.74) is 14.2. The van der Waals surface area contributed by atoms with Crippen molar-refractivity contribution in [2.24, 2.45) is 0 Å². The molecule has 0 spiro atoms. The molecule has 294 valence electrons. The number of hydrogen-bond acceptors (Lipinski definition) is 2. The smallest absolute Gasteiger partial charge is 0.0782 e. The lowest BCUT2D eigenvalue weighted by Crippen LogP contribution is -2.19. The van der Waals surface area contributed by atoms with Gasteiger partial charge < -0.3 is 14.4 Å². The first kappa shape index (κ1) is 37.4. The van der Waals surface area contributed by atoms with Gasteiger partial charge >= 0.3 is 0 Å². The summed E-state index contributed by atoms with van der Waals surface area (Å²) in [6.07, 6.45) is 6.60. The van der Waals surface area contributed by atoms with E-state index in [4.69, 9.17) is 0 Å². The standard InChI is InChI=1S/C57H51N3/c1-57(2,44-32-38-49(39-33-44)58(46-20-9-4-10-21-46)47-22-11-5-12-23-47)45-34-40-51(41-35-45)59(50-36-30-43(31-37-50)42-18-7-3-8-19-42)55-29-17-27-53-52-26-15-16-28-54(52)60(56(53)55)48-24-13-6-14-25-48/h4-6,9-17,20-42H,3,7-8,18-19H2,1-2H3. The molecule has 8 aromatic carbocycles. The summed E-state index contributed by atoms with van der Waals surface area (Å²) in [4.78, 5) is 4.79. The van der Waals surface area contributed by atoms with Crippen molar-refractivity contribution in [2.45, 2.75) is 57.3 Å². The van der Waals surface area contributed by atoms with Crippen LogP contribution < -0.4 is 9.80 Å². The first-order chi connectivity index (χ1) is 29.5. The molecule has 0 atom stereocenters. The molecular weight excluding hydrogens is 727 g/mol. The van der Waals surface area contributed by atoms with Gasteiger partial charge in [-0.1, -0.05) is 154 Å². The van der Waals surface area contributed by atoms with Crippen LogP contribution >= 0.6 is 0 Å². The Morgan fingerprint density at radius 3 is 1.47 bits per heavy atom. The minimum absolute atomic E-state index is 0.229. The van der Waals surface area contributed by atoms with Crippen molar-refractivity contribution in [3.8, 4) is 5.69 Å². The van der Waals surface area contributed by atoms with Crippen LogP contribution in [0.2, 0.25) is 0 Å². The fourth-order valence-corrected chi connectivity index (χ4v) is 9.61. The summed E-state index contributed by atoms with van der Waals surface area (Å²) >= 11 is 0. The molecule has 0 radical (unpaired) electrons. The SMILES string of the molecule is CC(C)(c1ccc(N(c2ccccc2)c2ccccc2)cc1)c1ccc(N(c2ccc(C3CCCCC3)cc2)c2cccc3c4ccccc4n(-c4ccccc4)c23)cc1. The van der Waals surface area contributed by atoms with Crippen molar-refractivity contribution in [3.05, 3.63) is 223 Å². The normalized spacial score (nSPS) is 13.4. The van der Waals surface area contributed by atoms with Gasteiger partial charge in [-0.25, -0.2) is 0 Å². The van der Waals surface area contributed by atoms with E-state index in [-0.39, 0.29) is 5.41 Å². The largest absolute Gasteiger partial charge is 0.311 e. The van der Waals surface area contributed by atoms with Gasteiger partial charge in [0, 0.05) is 50.3 Å². The highest BCUT2D eigenvalue weighted by Crippen LogP contribution is 2.45. The maximum Gasteiger partial charge on any atom is 0.0782 e. The second-order valence-corrected chi connectivity index (χ2v) is 16.8. The molecule has 0 bridgehead atoms. The third kappa shape index (κ3) is 6.94. The van der Waals surface area contributed by atoms with Gasteiger partial charge in [0.15, 0.2) is 0 Å². The fourth-order valence-electron chi connectivity index (χ4n) is 9.61. The molecule has 0 amide bonds. The monoisotopic (exact) mass is 777 g/mol. The van der Waals surface area contributed by atoms with Gasteiger partial charge in [0.1, 0.15) is 0 Å². The summed E-state index contributed by atoms with van der Waals surface area (Å²) in [6.45, 7) is 4.67. The number of nitrogens with zero attached hydrogens (tertiary/aromatic N) is 3. The first-order valence-electron chi connectivity index (χ1n) is 21.6. The molecule has 9 aromatic rings. The Morgan fingerprint density at radius 2 is 0.883 bits per heavy atom. The molecule has 1 saturated carbocycles. The fraction of sp³-hybridized carbons (Fsp3) is 0.158. The average molecular weight is 778 g/mol. The molecule has 0 aliphatic heterocycles. The van der Waals surface area contributed by atoms with Gasteiger partial charge in [-0.3, -0.25) is 0 Å². The quantitative estimate of drug-likeness (QED) is 0.137. The zero-order valence-corrected chi connectivity index (χ0v) is 34.6. The maximum absolute atomic E-state index is 2.47. The summed E-state index contributed by atoms with van der Waals surface area (Å²) in [7, 11) is 0. The Balaban J connectivity index is 1.05. The van der Waals surface area contributed by atoms with Crippen LogP contribution in [0.25, 0.3) is 27.5 Å². The van der Waals surface area contributed by atoms with E-state index in [1.54, 1.807) is 0 Å². The molecule has 0 unspecified atom stereocenters. The van der Waals surface area contributed by atoms with E-state index >= 15 is 0 Å². The summed E-state index contributed by atoms with van der Waals surface area (Å²) in [6, 6.07) is 75.6. The molecule has 10 rings (SSSR count). The van der Waals surface area contributed by atoms with Crippen LogP contribution in [0.15, 0.2) is 206 Å². The molecule has 1 aliphatic carbocycles. The van der Waals surface area contributed by atoms with Crippen LogP contribution in [0.3, 0.4) is 0 Å². The molecule has 3 nitrogen and oxygen atoms in total. The van der Waals surface area contributed by atoms with Crippen molar-refractivity contribution < 1.29 is 0 Å². The maximum atomic E-state index is 2.47. The number of rotatable bonds is 10. The molecule has 1 aromatic heterocycles. The molecular formula is C57H51N3. The van der Waals surface area contributed by atoms with Crippen LogP contribution in [0.5, 0.6) is 0 Å². The molecule has 60 heavy (non-hydrogen) atoms. The van der Waals surface area contributed by atoms with Crippen LogP contribution in [0.1, 0.15) is 68.6 Å². The third-order valence-corrected chi connectivity index (χ3v) is 12.9.